The predicted molar refractivity (Wildman–Crippen MR) is 110 cm³/mol. The maximum Gasteiger partial charge on any atom is 0.349 e. The lowest BCUT2D eigenvalue weighted by Gasteiger charge is -2.15. The number of hydrogen-bond donors (Lipinski definition) is 1. The van der Waals surface area contributed by atoms with Crippen LogP contribution in [0, 0.1) is 0 Å². The molecule has 0 spiro atoms. The van der Waals surface area contributed by atoms with Crippen LogP contribution < -0.4 is 11.2 Å². The molecule has 140 valence electrons. The first-order chi connectivity index (χ1) is 13.5. The van der Waals surface area contributed by atoms with Crippen LogP contribution >= 0.6 is 23.4 Å². The third-order valence-electron chi connectivity index (χ3n) is 4.82. The monoisotopic (exact) mass is 411 g/mol. The average Bonchev–Trinajstić information content (AvgIpc) is 3.50. The largest absolute Gasteiger partial charge is 0.506 e. The van der Waals surface area contributed by atoms with Crippen molar-refractivity contribution in [3.05, 3.63) is 74.3 Å². The van der Waals surface area contributed by atoms with E-state index in [-0.39, 0.29) is 27.6 Å². The number of nitrogens with zero attached hydrogens (tertiary/aromatic N) is 1. The summed E-state index contributed by atoms with van der Waals surface area (Å²) in [5, 5.41) is 12.1. The van der Waals surface area contributed by atoms with Gasteiger partial charge in [0, 0.05) is 21.3 Å². The molecule has 28 heavy (non-hydrogen) atoms. The second-order valence-corrected chi connectivity index (χ2v) is 8.27. The van der Waals surface area contributed by atoms with Gasteiger partial charge < -0.3 is 14.1 Å². The van der Waals surface area contributed by atoms with Gasteiger partial charge in [-0.3, -0.25) is 4.79 Å². The maximum atomic E-state index is 13.3. The molecule has 2 aromatic carbocycles. The lowest BCUT2D eigenvalue weighted by Crippen LogP contribution is -2.23. The molecule has 1 aliphatic rings. The minimum Gasteiger partial charge on any atom is -0.506 e. The predicted octanol–water partition coefficient (Wildman–Crippen LogP) is 4.95. The molecular weight excluding hydrogens is 398 g/mol. The van der Waals surface area contributed by atoms with E-state index in [0.29, 0.717) is 26.4 Å². The van der Waals surface area contributed by atoms with Crippen LogP contribution in [0.5, 0.6) is 5.75 Å². The topological polar surface area (TPSA) is 72.4 Å². The summed E-state index contributed by atoms with van der Waals surface area (Å²) in [4.78, 5) is 26.9. The molecule has 7 heteroatoms. The van der Waals surface area contributed by atoms with Crippen LogP contribution in [0.25, 0.3) is 21.9 Å². The third-order valence-corrected chi connectivity index (χ3v) is 6.12. The van der Waals surface area contributed by atoms with Crippen LogP contribution in [0.4, 0.5) is 0 Å². The molecule has 1 saturated carbocycles. The molecule has 0 radical (unpaired) electrons. The number of aromatic hydroxyl groups is 1. The lowest BCUT2D eigenvalue weighted by molar-refractivity contribution is 0.460. The van der Waals surface area contributed by atoms with Gasteiger partial charge in [-0.25, -0.2) is 4.79 Å². The minimum absolute atomic E-state index is 0.0134. The van der Waals surface area contributed by atoms with Gasteiger partial charge in [-0.2, -0.15) is 0 Å². The highest BCUT2D eigenvalue weighted by Gasteiger charge is 2.31. The zero-order valence-electron chi connectivity index (χ0n) is 14.5. The molecule has 5 nitrogen and oxygen atoms in total. The quantitative estimate of drug-likeness (QED) is 0.381. The number of halogens is 1. The van der Waals surface area contributed by atoms with Crippen molar-refractivity contribution in [2.45, 2.75) is 28.7 Å². The molecular formula is C21H14ClNO4S. The number of benzene rings is 2. The second-order valence-electron chi connectivity index (χ2n) is 6.75. The van der Waals surface area contributed by atoms with E-state index in [0.717, 1.165) is 24.6 Å². The van der Waals surface area contributed by atoms with Gasteiger partial charge >= 0.3 is 5.63 Å². The van der Waals surface area contributed by atoms with Gasteiger partial charge in [-0.05, 0) is 43.2 Å². The fraction of sp³-hybridized carbons (Fsp3) is 0.143. The standard InChI is InChI=1S/C21H14ClNO4S/c22-11-4-3-5-13(10-11)28-19-18(24)16-17(23(20(19)25)12-8-9-12)14-6-1-2-7-15(14)27-21(16)26/h1-7,10,12,24H,8-9H2. The highest BCUT2D eigenvalue weighted by atomic mass is 35.5. The first-order valence-corrected chi connectivity index (χ1v) is 10.0. The Labute approximate surface area is 168 Å². The third kappa shape index (κ3) is 2.72. The summed E-state index contributed by atoms with van der Waals surface area (Å²) < 4.78 is 7.05. The summed E-state index contributed by atoms with van der Waals surface area (Å²) in [5.41, 5.74) is -0.141. The van der Waals surface area contributed by atoms with E-state index in [1.54, 1.807) is 47.0 Å². The molecule has 1 fully saturated rings. The van der Waals surface area contributed by atoms with Crippen LogP contribution in [0.15, 0.2) is 72.3 Å². The maximum absolute atomic E-state index is 13.3. The van der Waals surface area contributed by atoms with Gasteiger partial charge in [0.25, 0.3) is 5.56 Å². The normalized spacial score (nSPS) is 14.0. The molecule has 0 saturated heterocycles. The Bertz CT molecular complexity index is 1370. The van der Waals surface area contributed by atoms with Crippen molar-refractivity contribution >= 4 is 45.2 Å². The van der Waals surface area contributed by atoms with Crippen molar-refractivity contribution in [3.63, 3.8) is 0 Å². The first kappa shape index (κ1) is 17.4. The summed E-state index contributed by atoms with van der Waals surface area (Å²) in [6, 6.07) is 14.1. The minimum atomic E-state index is -0.659. The van der Waals surface area contributed by atoms with E-state index >= 15 is 0 Å². The van der Waals surface area contributed by atoms with Crippen molar-refractivity contribution < 1.29 is 9.52 Å². The fourth-order valence-electron chi connectivity index (χ4n) is 3.44. The Morgan fingerprint density at radius 3 is 2.64 bits per heavy atom. The number of para-hydroxylation sites is 1. The molecule has 0 bridgehead atoms. The summed E-state index contributed by atoms with van der Waals surface area (Å²) in [6.07, 6.45) is 1.71. The molecule has 0 unspecified atom stereocenters. The molecule has 2 heterocycles. The molecule has 0 aliphatic heterocycles. The van der Waals surface area contributed by atoms with Crippen molar-refractivity contribution in [3.8, 4) is 5.75 Å². The summed E-state index contributed by atoms with van der Waals surface area (Å²) in [5.74, 6) is -0.346. The van der Waals surface area contributed by atoms with Gasteiger partial charge in [0.1, 0.15) is 15.9 Å². The summed E-state index contributed by atoms with van der Waals surface area (Å²) >= 11 is 7.14. The number of hydrogen-bond acceptors (Lipinski definition) is 5. The average molecular weight is 412 g/mol. The number of aromatic nitrogens is 1. The van der Waals surface area contributed by atoms with E-state index < -0.39 is 5.63 Å². The van der Waals surface area contributed by atoms with Crippen LogP contribution in [0.2, 0.25) is 5.02 Å². The smallest absolute Gasteiger partial charge is 0.349 e. The molecule has 1 aliphatic carbocycles. The fourth-order valence-corrected chi connectivity index (χ4v) is 4.65. The van der Waals surface area contributed by atoms with Crippen molar-refractivity contribution in [1.29, 1.82) is 0 Å². The molecule has 4 aromatic rings. The van der Waals surface area contributed by atoms with Crippen LogP contribution in [0.3, 0.4) is 0 Å². The van der Waals surface area contributed by atoms with Gasteiger partial charge in [-0.1, -0.05) is 41.6 Å². The van der Waals surface area contributed by atoms with Gasteiger partial charge in [0.15, 0.2) is 5.75 Å². The highest BCUT2D eigenvalue weighted by Crippen LogP contribution is 2.42. The molecule has 5 rings (SSSR count). The van der Waals surface area contributed by atoms with Crippen LogP contribution in [0.1, 0.15) is 18.9 Å². The van der Waals surface area contributed by atoms with Crippen LogP contribution in [-0.2, 0) is 0 Å². The first-order valence-electron chi connectivity index (χ1n) is 8.81. The van der Waals surface area contributed by atoms with E-state index in [2.05, 4.69) is 0 Å². The Kier molecular flexibility index (Phi) is 4.00. The SMILES string of the molecule is O=c1oc2ccccc2c2c1c(O)c(Sc1cccc(Cl)c1)c(=O)n2C1CC1. The van der Waals surface area contributed by atoms with Gasteiger partial charge in [0.05, 0.1) is 5.52 Å². The van der Waals surface area contributed by atoms with E-state index in [4.69, 9.17) is 16.0 Å². The Morgan fingerprint density at radius 2 is 1.89 bits per heavy atom. The van der Waals surface area contributed by atoms with Gasteiger partial charge in [0.2, 0.25) is 0 Å². The summed E-state index contributed by atoms with van der Waals surface area (Å²) in [6.45, 7) is 0. The van der Waals surface area contributed by atoms with E-state index in [1.165, 1.54) is 0 Å². The Morgan fingerprint density at radius 1 is 1.11 bits per heavy atom. The van der Waals surface area contributed by atoms with Crippen molar-refractivity contribution in [1.82, 2.24) is 4.57 Å². The van der Waals surface area contributed by atoms with Crippen molar-refractivity contribution in [2.75, 3.05) is 0 Å². The molecule has 0 amide bonds. The van der Waals surface area contributed by atoms with E-state index in [9.17, 15) is 14.7 Å². The highest BCUT2D eigenvalue weighted by molar-refractivity contribution is 7.99. The zero-order valence-corrected chi connectivity index (χ0v) is 16.1. The number of pyridine rings is 1. The molecule has 0 atom stereocenters. The Hall–Kier alpha value is -2.70. The number of fused-ring (bicyclic) bond motifs is 3. The zero-order chi connectivity index (χ0) is 19.4. The summed E-state index contributed by atoms with van der Waals surface area (Å²) in [7, 11) is 0. The lowest BCUT2D eigenvalue weighted by atomic mass is 10.1. The Balaban J connectivity index is 1.89. The van der Waals surface area contributed by atoms with Crippen LogP contribution in [-0.4, -0.2) is 9.67 Å². The number of rotatable bonds is 3. The second kappa shape index (κ2) is 6.43. The van der Waals surface area contributed by atoms with E-state index in [1.807, 2.05) is 6.07 Å². The molecule has 2 aromatic heterocycles. The van der Waals surface area contributed by atoms with Crippen molar-refractivity contribution in [2.24, 2.45) is 0 Å². The van der Waals surface area contributed by atoms with Gasteiger partial charge in [-0.15, -0.1) is 0 Å². The molecule has 1 N–H and O–H groups in total.